The summed E-state index contributed by atoms with van der Waals surface area (Å²) in [5.74, 6) is 0.703. The van der Waals surface area contributed by atoms with Crippen molar-refractivity contribution in [3.05, 3.63) is 11.4 Å². The predicted molar refractivity (Wildman–Crippen MR) is 53.9 cm³/mol. The highest BCUT2D eigenvalue weighted by atomic mass is 14.6. The van der Waals surface area contributed by atoms with Crippen LogP contribution in [-0.4, -0.2) is 6.54 Å². The second kappa shape index (κ2) is 5.19. The summed E-state index contributed by atoms with van der Waals surface area (Å²) in [5, 5.41) is 0. The summed E-state index contributed by atoms with van der Waals surface area (Å²) in [4.78, 5) is 3.45. The van der Waals surface area contributed by atoms with Crippen LogP contribution in [0, 0.1) is 17.9 Å². The Morgan fingerprint density at radius 3 is 2.00 bits per heavy atom. The zero-order chi connectivity index (χ0) is 9.61. The van der Waals surface area contributed by atoms with Crippen LogP contribution in [0.1, 0.15) is 47.0 Å². The molecule has 12 heavy (non-hydrogen) atoms. The number of hydrogen-bond acceptors (Lipinski definition) is 0. The molecule has 0 aliphatic heterocycles. The van der Waals surface area contributed by atoms with Gasteiger partial charge in [0.1, 0.15) is 0 Å². The van der Waals surface area contributed by atoms with E-state index in [0.717, 1.165) is 6.42 Å². The van der Waals surface area contributed by atoms with Crippen molar-refractivity contribution in [1.82, 2.24) is 0 Å². The van der Waals surface area contributed by atoms with Crippen LogP contribution in [0.15, 0.2) is 0 Å². The highest BCUT2D eigenvalue weighted by molar-refractivity contribution is 4.82. The molecular weight excluding hydrogens is 146 g/mol. The highest BCUT2D eigenvalue weighted by Gasteiger charge is 2.30. The first-order valence-electron chi connectivity index (χ1n) is 4.96. The SMILES string of the molecule is [C-]#[N+]CCC(CC)(CC)C(C)C. The molecule has 0 aromatic carbocycles. The average molecular weight is 167 g/mol. The molecule has 0 aliphatic rings. The molecule has 70 valence electrons. The van der Waals surface area contributed by atoms with Gasteiger partial charge in [0.2, 0.25) is 6.54 Å². The molecule has 0 rings (SSSR count). The lowest BCUT2D eigenvalue weighted by atomic mass is 9.70. The fourth-order valence-corrected chi connectivity index (χ4v) is 1.99. The third-order valence-corrected chi connectivity index (χ3v) is 3.35. The molecule has 0 heterocycles. The van der Waals surface area contributed by atoms with Gasteiger partial charge >= 0.3 is 0 Å². The maximum absolute atomic E-state index is 6.80. The Morgan fingerprint density at radius 1 is 1.25 bits per heavy atom. The largest absolute Gasteiger partial charge is 0.317 e. The van der Waals surface area contributed by atoms with Crippen LogP contribution in [0.25, 0.3) is 4.85 Å². The van der Waals surface area contributed by atoms with Gasteiger partial charge in [0, 0.05) is 6.42 Å². The second-order valence-corrected chi connectivity index (χ2v) is 3.86. The summed E-state index contributed by atoms with van der Waals surface area (Å²) >= 11 is 0. The molecule has 0 atom stereocenters. The molecule has 0 saturated carbocycles. The second-order valence-electron chi connectivity index (χ2n) is 3.86. The molecule has 0 aliphatic carbocycles. The topological polar surface area (TPSA) is 4.36 Å². The third-order valence-electron chi connectivity index (χ3n) is 3.35. The van der Waals surface area contributed by atoms with E-state index in [4.69, 9.17) is 6.57 Å². The molecule has 0 spiro atoms. The molecule has 0 saturated heterocycles. The van der Waals surface area contributed by atoms with E-state index >= 15 is 0 Å². The zero-order valence-electron chi connectivity index (χ0n) is 8.85. The normalized spacial score (nSPS) is 11.7. The predicted octanol–water partition coefficient (Wildman–Crippen LogP) is 3.76. The smallest absolute Gasteiger partial charge is 0.215 e. The minimum Gasteiger partial charge on any atom is -0.317 e. The van der Waals surface area contributed by atoms with Crippen LogP contribution in [0.3, 0.4) is 0 Å². The number of hydrogen-bond donors (Lipinski definition) is 0. The lowest BCUT2D eigenvalue weighted by molar-refractivity contribution is 0.161. The Kier molecular flexibility index (Phi) is 4.97. The molecule has 1 heteroatoms. The van der Waals surface area contributed by atoms with Crippen LogP contribution in [0.4, 0.5) is 0 Å². The van der Waals surface area contributed by atoms with Crippen LogP contribution < -0.4 is 0 Å². The van der Waals surface area contributed by atoms with Gasteiger partial charge in [0.05, 0.1) is 0 Å². The van der Waals surface area contributed by atoms with Crippen molar-refractivity contribution < 1.29 is 0 Å². The summed E-state index contributed by atoms with van der Waals surface area (Å²) in [5.41, 5.74) is 0.421. The van der Waals surface area contributed by atoms with E-state index in [0.29, 0.717) is 17.9 Å². The molecule has 0 radical (unpaired) electrons. The minimum absolute atomic E-state index is 0.421. The van der Waals surface area contributed by atoms with Crippen LogP contribution >= 0.6 is 0 Å². The van der Waals surface area contributed by atoms with Crippen molar-refractivity contribution in [2.45, 2.75) is 47.0 Å². The van der Waals surface area contributed by atoms with Gasteiger partial charge in [0.15, 0.2) is 0 Å². The summed E-state index contributed by atoms with van der Waals surface area (Å²) < 4.78 is 0. The molecule has 0 amide bonds. The summed E-state index contributed by atoms with van der Waals surface area (Å²) in [6, 6.07) is 0. The first-order valence-corrected chi connectivity index (χ1v) is 4.96. The number of nitrogens with zero attached hydrogens (tertiary/aromatic N) is 1. The summed E-state index contributed by atoms with van der Waals surface area (Å²) in [7, 11) is 0. The Labute approximate surface area is 77.0 Å². The van der Waals surface area contributed by atoms with Gasteiger partial charge in [-0.3, -0.25) is 0 Å². The summed E-state index contributed by atoms with van der Waals surface area (Å²) in [6.45, 7) is 16.5. The molecule has 0 fully saturated rings. The highest BCUT2D eigenvalue weighted by Crippen LogP contribution is 2.38. The van der Waals surface area contributed by atoms with Crippen LogP contribution in [-0.2, 0) is 0 Å². The molecule has 1 nitrogen and oxygen atoms in total. The molecule has 0 bridgehead atoms. The van der Waals surface area contributed by atoms with E-state index in [1.807, 2.05) is 0 Å². The summed E-state index contributed by atoms with van der Waals surface area (Å²) in [6.07, 6.45) is 3.48. The monoisotopic (exact) mass is 167 g/mol. The minimum atomic E-state index is 0.421. The van der Waals surface area contributed by atoms with Gasteiger partial charge in [-0.05, 0) is 24.2 Å². The van der Waals surface area contributed by atoms with Crippen molar-refractivity contribution in [1.29, 1.82) is 0 Å². The lowest BCUT2D eigenvalue weighted by Gasteiger charge is -2.34. The number of rotatable bonds is 5. The van der Waals surface area contributed by atoms with Gasteiger partial charge in [-0.15, -0.1) is 0 Å². The molecular formula is C11H21N. The fraction of sp³-hybridized carbons (Fsp3) is 0.909. The zero-order valence-corrected chi connectivity index (χ0v) is 8.85. The Morgan fingerprint density at radius 2 is 1.75 bits per heavy atom. The van der Waals surface area contributed by atoms with Crippen molar-refractivity contribution in [2.75, 3.05) is 6.54 Å². The Balaban J connectivity index is 4.27. The quantitative estimate of drug-likeness (QED) is 0.549. The van der Waals surface area contributed by atoms with E-state index < -0.39 is 0 Å². The molecule has 0 N–H and O–H groups in total. The Bertz CT molecular complexity index is 149. The van der Waals surface area contributed by atoms with Crippen molar-refractivity contribution in [3.63, 3.8) is 0 Å². The maximum Gasteiger partial charge on any atom is 0.215 e. The van der Waals surface area contributed by atoms with E-state index in [2.05, 4.69) is 32.5 Å². The van der Waals surface area contributed by atoms with E-state index in [-0.39, 0.29) is 0 Å². The van der Waals surface area contributed by atoms with Gasteiger partial charge in [-0.2, -0.15) is 0 Å². The van der Waals surface area contributed by atoms with Gasteiger partial charge in [-0.25, -0.2) is 6.57 Å². The van der Waals surface area contributed by atoms with Crippen molar-refractivity contribution >= 4 is 0 Å². The van der Waals surface area contributed by atoms with Gasteiger partial charge in [-0.1, -0.05) is 27.7 Å². The van der Waals surface area contributed by atoms with Crippen molar-refractivity contribution in [3.8, 4) is 0 Å². The standard InChI is InChI=1S/C11H21N/c1-6-11(7-2,10(3)4)8-9-12-5/h10H,6-9H2,1-4H3. The first-order chi connectivity index (χ1) is 5.63. The molecule has 0 aromatic heterocycles. The maximum atomic E-state index is 6.80. The molecule has 0 unspecified atom stereocenters. The lowest BCUT2D eigenvalue weighted by Crippen LogP contribution is -2.26. The van der Waals surface area contributed by atoms with E-state index in [1.165, 1.54) is 12.8 Å². The van der Waals surface area contributed by atoms with Gasteiger partial charge in [0.25, 0.3) is 0 Å². The van der Waals surface area contributed by atoms with Crippen molar-refractivity contribution in [2.24, 2.45) is 11.3 Å². The Hall–Kier alpha value is -0.510. The fourth-order valence-electron chi connectivity index (χ4n) is 1.99. The van der Waals surface area contributed by atoms with E-state index in [1.54, 1.807) is 0 Å². The van der Waals surface area contributed by atoms with Crippen LogP contribution in [0.2, 0.25) is 0 Å². The third kappa shape index (κ3) is 2.52. The average Bonchev–Trinajstić information content (AvgIpc) is 2.07. The van der Waals surface area contributed by atoms with Gasteiger partial charge < -0.3 is 4.85 Å². The molecule has 0 aromatic rings. The first kappa shape index (κ1) is 11.5. The van der Waals surface area contributed by atoms with Crippen LogP contribution in [0.5, 0.6) is 0 Å². The van der Waals surface area contributed by atoms with E-state index in [9.17, 15) is 0 Å².